The second-order valence-electron chi connectivity index (χ2n) is 7.00. The minimum atomic E-state index is -0.0654. The highest BCUT2D eigenvalue weighted by molar-refractivity contribution is 8.18. The van der Waals surface area contributed by atoms with E-state index in [0.29, 0.717) is 34.0 Å². The van der Waals surface area contributed by atoms with Crippen LogP contribution >= 0.6 is 23.4 Å². The molecule has 0 unspecified atom stereocenters. The lowest BCUT2D eigenvalue weighted by molar-refractivity contribution is -0.122. The molecule has 0 spiro atoms. The average molecular weight is 445 g/mol. The van der Waals surface area contributed by atoms with Gasteiger partial charge in [-0.05, 0) is 67.9 Å². The van der Waals surface area contributed by atoms with E-state index in [2.05, 4.69) is 4.99 Å². The van der Waals surface area contributed by atoms with Gasteiger partial charge < -0.3 is 9.47 Å². The number of carbonyl (C=O) groups is 1. The molecular weight excluding hydrogens is 420 g/mol. The van der Waals surface area contributed by atoms with Crippen molar-refractivity contribution in [1.82, 2.24) is 4.90 Å². The minimum Gasteiger partial charge on any atom is -0.489 e. The van der Waals surface area contributed by atoms with Gasteiger partial charge in [0.2, 0.25) is 0 Å². The van der Waals surface area contributed by atoms with Crippen molar-refractivity contribution in [1.29, 1.82) is 0 Å². The molecule has 1 heterocycles. The number of para-hydroxylation sites is 1. The quantitative estimate of drug-likeness (QED) is 0.383. The van der Waals surface area contributed by atoms with Crippen molar-refractivity contribution in [2.45, 2.75) is 26.4 Å². The second kappa shape index (κ2) is 10.7. The lowest BCUT2D eigenvalue weighted by atomic mass is 10.2. The van der Waals surface area contributed by atoms with Crippen LogP contribution in [0.15, 0.2) is 58.4 Å². The number of aliphatic imine (C=N–C) groups is 1. The summed E-state index contributed by atoms with van der Waals surface area (Å²) in [6.07, 6.45) is 2.61. The average Bonchev–Trinajstić information content (AvgIpc) is 2.99. The Morgan fingerprint density at radius 3 is 2.63 bits per heavy atom. The van der Waals surface area contributed by atoms with E-state index in [9.17, 15) is 4.79 Å². The summed E-state index contributed by atoms with van der Waals surface area (Å²) in [7, 11) is 1.65. The third-order valence-corrected chi connectivity index (χ3v) is 5.52. The van der Waals surface area contributed by atoms with Gasteiger partial charge in [-0.15, -0.1) is 0 Å². The first-order valence-corrected chi connectivity index (χ1v) is 11.0. The predicted molar refractivity (Wildman–Crippen MR) is 125 cm³/mol. The van der Waals surface area contributed by atoms with Crippen LogP contribution in [-0.4, -0.2) is 42.3 Å². The van der Waals surface area contributed by atoms with Crippen molar-refractivity contribution in [2.24, 2.45) is 4.99 Å². The maximum absolute atomic E-state index is 13.1. The van der Waals surface area contributed by atoms with Crippen LogP contribution in [-0.2, 0) is 9.53 Å². The lowest BCUT2D eigenvalue weighted by Crippen LogP contribution is -2.30. The number of ether oxygens (including phenoxy) is 2. The summed E-state index contributed by atoms with van der Waals surface area (Å²) in [5, 5.41) is 1.18. The monoisotopic (exact) mass is 444 g/mol. The van der Waals surface area contributed by atoms with Crippen LogP contribution < -0.4 is 4.74 Å². The molecule has 0 aromatic heterocycles. The molecular formula is C23H25ClN2O3S. The van der Waals surface area contributed by atoms with E-state index < -0.39 is 0 Å². The van der Waals surface area contributed by atoms with Crippen LogP contribution in [0.25, 0.3) is 6.08 Å². The van der Waals surface area contributed by atoms with Gasteiger partial charge in [0.1, 0.15) is 5.75 Å². The predicted octanol–water partition coefficient (Wildman–Crippen LogP) is 5.77. The molecule has 5 nitrogen and oxygen atoms in total. The molecule has 0 saturated carbocycles. The number of carbonyl (C=O) groups excluding carboxylic acids is 1. The zero-order chi connectivity index (χ0) is 21.5. The smallest absolute Gasteiger partial charge is 0.266 e. The van der Waals surface area contributed by atoms with Gasteiger partial charge in [-0.2, -0.15) is 0 Å². The van der Waals surface area contributed by atoms with Crippen LogP contribution in [0.2, 0.25) is 5.02 Å². The van der Waals surface area contributed by atoms with E-state index in [1.54, 1.807) is 12.0 Å². The zero-order valence-electron chi connectivity index (χ0n) is 17.3. The number of benzene rings is 2. The van der Waals surface area contributed by atoms with Gasteiger partial charge in [0.15, 0.2) is 5.17 Å². The van der Waals surface area contributed by atoms with Crippen molar-refractivity contribution in [3.63, 3.8) is 0 Å². The molecule has 7 heteroatoms. The first-order chi connectivity index (χ1) is 14.5. The Morgan fingerprint density at radius 1 is 1.20 bits per heavy atom. The largest absolute Gasteiger partial charge is 0.489 e. The van der Waals surface area contributed by atoms with E-state index >= 15 is 0 Å². The molecule has 3 rings (SSSR count). The normalized spacial score (nSPS) is 16.8. The Hall–Kier alpha value is -2.28. The van der Waals surface area contributed by atoms with E-state index in [1.165, 1.54) is 11.8 Å². The summed E-state index contributed by atoms with van der Waals surface area (Å²) in [6.45, 7) is 5.03. The van der Waals surface area contributed by atoms with Gasteiger partial charge in [0.05, 0.1) is 21.7 Å². The summed E-state index contributed by atoms with van der Waals surface area (Å²) in [4.78, 5) is 20.1. The van der Waals surface area contributed by atoms with Crippen molar-refractivity contribution in [2.75, 3.05) is 20.3 Å². The Balaban J connectivity index is 1.87. The molecule has 158 valence electrons. The summed E-state index contributed by atoms with van der Waals surface area (Å²) >= 11 is 7.72. The number of rotatable bonds is 8. The molecule has 0 aliphatic carbocycles. The number of hydrogen-bond acceptors (Lipinski definition) is 5. The fourth-order valence-corrected chi connectivity index (χ4v) is 4.13. The maximum Gasteiger partial charge on any atom is 0.266 e. The van der Waals surface area contributed by atoms with Gasteiger partial charge in [0, 0.05) is 20.3 Å². The first-order valence-electron chi connectivity index (χ1n) is 9.78. The third kappa shape index (κ3) is 5.88. The fourth-order valence-electron chi connectivity index (χ4n) is 2.88. The van der Waals surface area contributed by atoms with E-state index in [4.69, 9.17) is 21.1 Å². The summed E-state index contributed by atoms with van der Waals surface area (Å²) in [5.41, 5.74) is 1.65. The summed E-state index contributed by atoms with van der Waals surface area (Å²) in [6, 6.07) is 15.2. The van der Waals surface area contributed by atoms with Crippen molar-refractivity contribution in [3.05, 3.63) is 64.0 Å². The van der Waals surface area contributed by atoms with E-state index in [0.717, 1.165) is 17.7 Å². The molecule has 1 aliphatic heterocycles. The topological polar surface area (TPSA) is 51.1 Å². The Labute approximate surface area is 186 Å². The summed E-state index contributed by atoms with van der Waals surface area (Å²) in [5.74, 6) is 0.566. The zero-order valence-corrected chi connectivity index (χ0v) is 18.9. The van der Waals surface area contributed by atoms with Crippen LogP contribution in [0.3, 0.4) is 0 Å². The molecule has 0 atom stereocenters. The Bertz CT molecular complexity index is 945. The molecule has 0 bridgehead atoms. The molecule has 1 fully saturated rings. The highest BCUT2D eigenvalue weighted by atomic mass is 35.5. The first kappa shape index (κ1) is 22.4. The van der Waals surface area contributed by atoms with Crippen LogP contribution in [0.1, 0.15) is 25.8 Å². The van der Waals surface area contributed by atoms with Gasteiger partial charge >= 0.3 is 0 Å². The molecule has 1 aliphatic rings. The minimum absolute atomic E-state index is 0.0380. The standard InChI is InChI=1S/C23H25ClN2O3S/c1-16(2)29-20-11-10-17(14-19(20)24)15-21-22(27)26(12-7-13-28-3)23(30-21)25-18-8-5-4-6-9-18/h4-6,8-11,14-16H,7,12-13H2,1-3H3/b21-15-,25-23?. The molecule has 2 aromatic carbocycles. The molecule has 0 N–H and O–H groups in total. The third-order valence-electron chi connectivity index (χ3n) is 4.22. The number of hydrogen-bond donors (Lipinski definition) is 0. The van der Waals surface area contributed by atoms with Gasteiger partial charge in [-0.3, -0.25) is 9.69 Å². The van der Waals surface area contributed by atoms with Gasteiger partial charge in [0.25, 0.3) is 5.91 Å². The Morgan fingerprint density at radius 2 is 1.97 bits per heavy atom. The van der Waals surface area contributed by atoms with E-state index in [1.807, 2.05) is 68.5 Å². The molecule has 2 aromatic rings. The number of nitrogens with zero attached hydrogens (tertiary/aromatic N) is 2. The number of halogens is 1. The molecule has 1 saturated heterocycles. The van der Waals surface area contributed by atoms with E-state index in [-0.39, 0.29) is 12.0 Å². The van der Waals surface area contributed by atoms with Crippen molar-refractivity contribution >= 4 is 46.2 Å². The SMILES string of the molecule is COCCCN1C(=O)/C(=C/c2ccc(OC(C)C)c(Cl)c2)SC1=Nc1ccccc1. The lowest BCUT2D eigenvalue weighted by Gasteiger charge is -2.15. The number of amidine groups is 1. The van der Waals surface area contributed by atoms with Crippen molar-refractivity contribution < 1.29 is 14.3 Å². The second-order valence-corrected chi connectivity index (χ2v) is 8.42. The number of methoxy groups -OCH3 is 1. The highest BCUT2D eigenvalue weighted by Gasteiger charge is 2.33. The van der Waals surface area contributed by atoms with Crippen LogP contribution in [0.5, 0.6) is 5.75 Å². The van der Waals surface area contributed by atoms with Gasteiger partial charge in [-0.25, -0.2) is 4.99 Å². The fraction of sp³-hybridized carbons (Fsp3) is 0.304. The van der Waals surface area contributed by atoms with Gasteiger partial charge in [-0.1, -0.05) is 35.9 Å². The molecule has 1 amide bonds. The summed E-state index contributed by atoms with van der Waals surface area (Å²) < 4.78 is 10.8. The number of amides is 1. The van der Waals surface area contributed by atoms with Crippen LogP contribution in [0, 0.1) is 0 Å². The number of thioether (sulfide) groups is 1. The molecule has 0 radical (unpaired) electrons. The Kier molecular flexibility index (Phi) is 7.96. The maximum atomic E-state index is 13.1. The molecule has 30 heavy (non-hydrogen) atoms. The highest BCUT2D eigenvalue weighted by Crippen LogP contribution is 2.35. The van der Waals surface area contributed by atoms with Crippen molar-refractivity contribution in [3.8, 4) is 5.75 Å². The van der Waals surface area contributed by atoms with Crippen LogP contribution in [0.4, 0.5) is 5.69 Å².